The van der Waals surface area contributed by atoms with Crippen LogP contribution in [0.15, 0.2) is 0 Å². The average molecular weight is 284 g/mol. The second-order valence-corrected chi connectivity index (χ2v) is 6.79. The van der Waals surface area contributed by atoms with Crippen LogP contribution >= 0.6 is 11.8 Å². The van der Waals surface area contributed by atoms with E-state index in [1.807, 2.05) is 18.7 Å². The lowest BCUT2D eigenvalue weighted by Gasteiger charge is -2.23. The lowest BCUT2D eigenvalue weighted by Crippen LogP contribution is -2.28. The van der Waals surface area contributed by atoms with Gasteiger partial charge in [-0.25, -0.2) is 4.68 Å². The summed E-state index contributed by atoms with van der Waals surface area (Å²) in [5.41, 5.74) is 0.576. The van der Waals surface area contributed by atoms with Crippen LogP contribution in [0.4, 0.5) is 11.5 Å². The van der Waals surface area contributed by atoms with Crippen LogP contribution in [0.2, 0.25) is 0 Å². The summed E-state index contributed by atoms with van der Waals surface area (Å²) >= 11 is 1.94. The van der Waals surface area contributed by atoms with Gasteiger partial charge in [-0.1, -0.05) is 0 Å². The number of aryl methyl sites for hydroxylation is 2. The Morgan fingerprint density at radius 2 is 2.37 bits per heavy atom. The number of hydrogen-bond donors (Lipinski definition) is 1. The number of anilines is 1. The smallest absolute Gasteiger partial charge is 0.333 e. The number of nitrogens with zero attached hydrogens (tertiary/aromatic N) is 3. The standard InChI is InChI=1S/C12H20N4O2S/c1-4-15-11(10(16(17)18)9(2)14-15)13-8-12(3)6-5-7-19-12/h13H,4-8H2,1-3H3. The van der Waals surface area contributed by atoms with Gasteiger partial charge in [0.2, 0.25) is 5.82 Å². The van der Waals surface area contributed by atoms with Crippen molar-refractivity contribution in [3.05, 3.63) is 15.8 Å². The van der Waals surface area contributed by atoms with Crippen molar-refractivity contribution in [2.24, 2.45) is 0 Å². The van der Waals surface area contributed by atoms with Crippen molar-refractivity contribution in [1.29, 1.82) is 0 Å². The zero-order valence-corrected chi connectivity index (χ0v) is 12.4. The van der Waals surface area contributed by atoms with Crippen LogP contribution in [0.1, 0.15) is 32.4 Å². The molecule has 1 aliphatic rings. The summed E-state index contributed by atoms with van der Waals surface area (Å²) in [6.45, 7) is 7.20. The molecule has 19 heavy (non-hydrogen) atoms. The summed E-state index contributed by atoms with van der Waals surface area (Å²) in [4.78, 5) is 10.8. The molecule has 0 radical (unpaired) electrons. The lowest BCUT2D eigenvalue weighted by atomic mass is 10.1. The van der Waals surface area contributed by atoms with Gasteiger partial charge in [0.05, 0.1) is 4.92 Å². The van der Waals surface area contributed by atoms with E-state index in [1.165, 1.54) is 12.2 Å². The molecule has 2 rings (SSSR count). The Hall–Kier alpha value is -1.24. The van der Waals surface area contributed by atoms with Crippen LogP contribution in [0.25, 0.3) is 0 Å². The molecule has 1 aliphatic heterocycles. The van der Waals surface area contributed by atoms with E-state index in [-0.39, 0.29) is 15.4 Å². The Balaban J connectivity index is 2.20. The fourth-order valence-corrected chi connectivity index (χ4v) is 3.69. The molecule has 1 saturated heterocycles. The third kappa shape index (κ3) is 2.86. The van der Waals surface area contributed by atoms with Crippen LogP contribution < -0.4 is 5.32 Å². The van der Waals surface area contributed by atoms with E-state index < -0.39 is 0 Å². The van der Waals surface area contributed by atoms with Crippen LogP contribution in [-0.2, 0) is 6.54 Å². The molecule has 0 amide bonds. The van der Waals surface area contributed by atoms with Gasteiger partial charge in [-0.2, -0.15) is 16.9 Å². The SMILES string of the molecule is CCn1nc(C)c([N+](=O)[O-])c1NCC1(C)CCCS1. The highest BCUT2D eigenvalue weighted by atomic mass is 32.2. The predicted octanol–water partition coefficient (Wildman–Crippen LogP) is 2.82. The van der Waals surface area contributed by atoms with Crippen molar-refractivity contribution in [1.82, 2.24) is 9.78 Å². The van der Waals surface area contributed by atoms with Crippen LogP contribution in [0, 0.1) is 17.0 Å². The molecule has 0 aromatic carbocycles. The maximum absolute atomic E-state index is 11.2. The first-order valence-electron chi connectivity index (χ1n) is 6.56. The molecule has 0 saturated carbocycles. The Bertz CT molecular complexity index is 480. The molecule has 1 unspecified atom stereocenters. The van der Waals surface area contributed by atoms with E-state index in [0.29, 0.717) is 18.1 Å². The molecule has 1 aromatic heterocycles. The number of nitrogens with one attached hydrogen (secondary N) is 1. The van der Waals surface area contributed by atoms with E-state index in [2.05, 4.69) is 17.3 Å². The van der Waals surface area contributed by atoms with Gasteiger partial charge < -0.3 is 5.32 Å². The minimum atomic E-state index is -0.346. The van der Waals surface area contributed by atoms with Crippen molar-refractivity contribution in [2.75, 3.05) is 17.6 Å². The Labute approximate surface area is 117 Å². The van der Waals surface area contributed by atoms with Crippen LogP contribution in [0.5, 0.6) is 0 Å². The zero-order chi connectivity index (χ0) is 14.0. The summed E-state index contributed by atoms with van der Waals surface area (Å²) < 4.78 is 1.85. The predicted molar refractivity (Wildman–Crippen MR) is 77.9 cm³/mol. The molecule has 106 valence electrons. The normalized spacial score (nSPS) is 22.7. The Kier molecular flexibility index (Phi) is 4.03. The van der Waals surface area contributed by atoms with E-state index in [4.69, 9.17) is 0 Å². The Morgan fingerprint density at radius 1 is 1.63 bits per heavy atom. The fraction of sp³-hybridized carbons (Fsp3) is 0.750. The second kappa shape index (κ2) is 5.40. The number of rotatable bonds is 5. The molecule has 0 bridgehead atoms. The van der Waals surface area contributed by atoms with Crippen molar-refractivity contribution in [3.63, 3.8) is 0 Å². The van der Waals surface area contributed by atoms with Crippen molar-refractivity contribution >= 4 is 23.3 Å². The maximum atomic E-state index is 11.2. The molecule has 6 nitrogen and oxygen atoms in total. The number of hydrogen-bond acceptors (Lipinski definition) is 5. The summed E-state index contributed by atoms with van der Waals surface area (Å²) in [5.74, 6) is 1.71. The van der Waals surface area contributed by atoms with E-state index in [1.54, 1.807) is 11.6 Å². The first-order chi connectivity index (χ1) is 8.97. The molecule has 1 fully saturated rings. The fourth-order valence-electron chi connectivity index (χ4n) is 2.44. The summed E-state index contributed by atoms with van der Waals surface area (Å²) in [7, 11) is 0. The van der Waals surface area contributed by atoms with Gasteiger partial charge in [0, 0.05) is 17.8 Å². The quantitative estimate of drug-likeness (QED) is 0.665. The van der Waals surface area contributed by atoms with Gasteiger partial charge >= 0.3 is 5.69 Å². The van der Waals surface area contributed by atoms with Crippen LogP contribution in [0.3, 0.4) is 0 Å². The molecular weight excluding hydrogens is 264 g/mol. The van der Waals surface area contributed by atoms with Crippen molar-refractivity contribution < 1.29 is 4.92 Å². The van der Waals surface area contributed by atoms with Gasteiger partial charge in [0.25, 0.3) is 0 Å². The monoisotopic (exact) mass is 284 g/mol. The molecule has 7 heteroatoms. The van der Waals surface area contributed by atoms with Gasteiger partial charge in [-0.15, -0.1) is 0 Å². The summed E-state index contributed by atoms with van der Waals surface area (Å²) in [6.07, 6.45) is 2.37. The highest BCUT2D eigenvalue weighted by Crippen LogP contribution is 2.38. The van der Waals surface area contributed by atoms with E-state index in [9.17, 15) is 10.1 Å². The molecular formula is C12H20N4O2S. The number of nitro groups is 1. The first kappa shape index (κ1) is 14.2. The molecule has 2 heterocycles. The van der Waals surface area contributed by atoms with E-state index in [0.717, 1.165) is 13.0 Å². The van der Waals surface area contributed by atoms with Gasteiger partial charge in [-0.3, -0.25) is 10.1 Å². The topological polar surface area (TPSA) is 73.0 Å². The number of aromatic nitrogens is 2. The van der Waals surface area contributed by atoms with Crippen molar-refractivity contribution in [2.45, 2.75) is 44.9 Å². The molecule has 1 N–H and O–H groups in total. The third-order valence-corrected chi connectivity index (χ3v) is 5.05. The maximum Gasteiger partial charge on any atom is 0.333 e. The summed E-state index contributed by atoms with van der Waals surface area (Å²) in [5, 5.41) is 18.6. The Morgan fingerprint density at radius 3 is 2.89 bits per heavy atom. The van der Waals surface area contributed by atoms with E-state index >= 15 is 0 Å². The first-order valence-corrected chi connectivity index (χ1v) is 7.55. The minimum Gasteiger partial charge on any atom is -0.363 e. The highest BCUT2D eigenvalue weighted by molar-refractivity contribution is 8.00. The van der Waals surface area contributed by atoms with Crippen LogP contribution in [-0.4, -0.2) is 31.7 Å². The molecule has 1 aromatic rings. The zero-order valence-electron chi connectivity index (χ0n) is 11.6. The van der Waals surface area contributed by atoms with Gasteiger partial charge in [-0.05, 0) is 39.4 Å². The third-order valence-electron chi connectivity index (χ3n) is 3.51. The lowest BCUT2D eigenvalue weighted by molar-refractivity contribution is -0.384. The summed E-state index contributed by atoms with van der Waals surface area (Å²) in [6, 6.07) is 0. The second-order valence-electron chi connectivity index (χ2n) is 5.11. The van der Waals surface area contributed by atoms with Gasteiger partial charge in [0.1, 0.15) is 5.69 Å². The highest BCUT2D eigenvalue weighted by Gasteiger charge is 2.31. The number of thioether (sulfide) groups is 1. The largest absolute Gasteiger partial charge is 0.363 e. The molecule has 0 aliphatic carbocycles. The van der Waals surface area contributed by atoms with Crippen molar-refractivity contribution in [3.8, 4) is 0 Å². The average Bonchev–Trinajstić information content (AvgIpc) is 2.91. The van der Waals surface area contributed by atoms with Gasteiger partial charge in [0.15, 0.2) is 0 Å². The molecule has 0 spiro atoms. The molecule has 1 atom stereocenters. The minimum absolute atomic E-state index is 0.105.